The maximum absolute atomic E-state index is 12.4. The number of hydrogen-bond donors (Lipinski definition) is 1. The molecule has 0 aliphatic rings. The van der Waals surface area contributed by atoms with E-state index in [1.807, 2.05) is 48.5 Å². The maximum atomic E-state index is 12.4. The highest BCUT2D eigenvalue weighted by Crippen LogP contribution is 2.17. The van der Waals surface area contributed by atoms with Gasteiger partial charge in [-0.1, -0.05) is 61.5 Å². The Bertz CT molecular complexity index is 1150. The molecule has 0 atom stereocenters. The van der Waals surface area contributed by atoms with Crippen LogP contribution in [-0.2, 0) is 30.7 Å². The van der Waals surface area contributed by atoms with Crippen LogP contribution in [0, 0.1) is 0 Å². The minimum absolute atomic E-state index is 0.0165. The summed E-state index contributed by atoms with van der Waals surface area (Å²) in [6.45, 7) is 3.24. The Kier molecular flexibility index (Phi) is 6.62. The lowest BCUT2D eigenvalue weighted by Crippen LogP contribution is -2.29. The summed E-state index contributed by atoms with van der Waals surface area (Å²) in [6.07, 6.45) is 1.83. The molecule has 31 heavy (non-hydrogen) atoms. The van der Waals surface area contributed by atoms with Crippen LogP contribution in [0.1, 0.15) is 23.9 Å². The third-order valence-corrected chi connectivity index (χ3v) is 5.32. The first-order valence-corrected chi connectivity index (χ1v) is 10.7. The molecule has 0 unspecified atom stereocenters. The fourth-order valence-electron chi connectivity index (χ4n) is 3.63. The van der Waals surface area contributed by atoms with Gasteiger partial charge in [0.1, 0.15) is 11.6 Å². The summed E-state index contributed by atoms with van der Waals surface area (Å²) < 4.78 is 7.84. The highest BCUT2D eigenvalue weighted by molar-refractivity contribution is 5.78. The quantitative estimate of drug-likeness (QED) is 0.438. The number of carbonyl (C=O) groups is 1. The summed E-state index contributed by atoms with van der Waals surface area (Å²) in [5, 5.41) is 2.95. The standard InChI is InChI=1S/C26H27N3O2/c1-2-20-11-8-12-22(17-20)31-19-26(30)27-18-25-28-23-13-6-7-14-24(23)29(25)16-15-21-9-4-3-5-10-21/h3-14,17H,2,15-16,18-19H2,1H3,(H,27,30). The average Bonchev–Trinajstić information content (AvgIpc) is 3.18. The lowest BCUT2D eigenvalue weighted by atomic mass is 10.1. The minimum Gasteiger partial charge on any atom is -0.484 e. The Morgan fingerprint density at radius 3 is 2.58 bits per heavy atom. The van der Waals surface area contributed by atoms with Crippen LogP contribution in [0.4, 0.5) is 0 Å². The number of aryl methyl sites for hydroxylation is 3. The third kappa shape index (κ3) is 5.31. The van der Waals surface area contributed by atoms with Crippen molar-refractivity contribution in [3.8, 4) is 5.75 Å². The molecule has 0 fully saturated rings. The Hall–Kier alpha value is -3.60. The molecule has 1 amide bonds. The molecule has 0 saturated heterocycles. The second kappa shape index (κ2) is 9.94. The van der Waals surface area contributed by atoms with Crippen LogP contribution in [0.3, 0.4) is 0 Å². The summed E-state index contributed by atoms with van der Waals surface area (Å²) in [5.41, 5.74) is 4.48. The topological polar surface area (TPSA) is 56.1 Å². The molecule has 0 aliphatic heterocycles. The zero-order valence-corrected chi connectivity index (χ0v) is 17.8. The lowest BCUT2D eigenvalue weighted by Gasteiger charge is -2.11. The second-order valence-corrected chi connectivity index (χ2v) is 7.47. The highest BCUT2D eigenvalue weighted by Gasteiger charge is 2.12. The largest absolute Gasteiger partial charge is 0.484 e. The van der Waals surface area contributed by atoms with Crippen molar-refractivity contribution in [3.63, 3.8) is 0 Å². The molecule has 1 aromatic heterocycles. The molecule has 158 valence electrons. The number of nitrogens with one attached hydrogen (secondary N) is 1. The Labute approximate surface area is 182 Å². The van der Waals surface area contributed by atoms with Crippen LogP contribution in [-0.4, -0.2) is 22.1 Å². The fourth-order valence-corrected chi connectivity index (χ4v) is 3.63. The number of amides is 1. The van der Waals surface area contributed by atoms with Crippen LogP contribution >= 0.6 is 0 Å². The van der Waals surface area contributed by atoms with Gasteiger partial charge in [-0.15, -0.1) is 0 Å². The van der Waals surface area contributed by atoms with Crippen molar-refractivity contribution in [1.82, 2.24) is 14.9 Å². The molecule has 1 N–H and O–H groups in total. The summed E-state index contributed by atoms with van der Waals surface area (Å²) >= 11 is 0. The van der Waals surface area contributed by atoms with E-state index in [1.54, 1.807) is 0 Å². The van der Waals surface area contributed by atoms with Gasteiger partial charge in [-0.2, -0.15) is 0 Å². The first-order chi connectivity index (χ1) is 15.2. The van der Waals surface area contributed by atoms with Gasteiger partial charge in [0.15, 0.2) is 6.61 Å². The first kappa shape index (κ1) is 20.7. The van der Waals surface area contributed by atoms with E-state index in [0.717, 1.165) is 36.2 Å². The smallest absolute Gasteiger partial charge is 0.258 e. The summed E-state index contributed by atoms with van der Waals surface area (Å²) in [6, 6.07) is 26.3. The highest BCUT2D eigenvalue weighted by atomic mass is 16.5. The van der Waals surface area contributed by atoms with E-state index in [-0.39, 0.29) is 12.5 Å². The van der Waals surface area contributed by atoms with Crippen LogP contribution in [0.2, 0.25) is 0 Å². The monoisotopic (exact) mass is 413 g/mol. The number of para-hydroxylation sites is 2. The lowest BCUT2D eigenvalue weighted by molar-refractivity contribution is -0.123. The molecule has 0 spiro atoms. The van der Waals surface area contributed by atoms with Gasteiger partial charge in [-0.05, 0) is 48.2 Å². The van der Waals surface area contributed by atoms with E-state index < -0.39 is 0 Å². The Morgan fingerprint density at radius 1 is 0.968 bits per heavy atom. The van der Waals surface area contributed by atoms with Crippen LogP contribution < -0.4 is 10.1 Å². The van der Waals surface area contributed by atoms with Crippen molar-refractivity contribution in [2.45, 2.75) is 32.9 Å². The predicted octanol–water partition coefficient (Wildman–Crippen LogP) is 4.54. The van der Waals surface area contributed by atoms with E-state index in [9.17, 15) is 4.79 Å². The molecule has 1 heterocycles. The zero-order chi connectivity index (χ0) is 21.5. The third-order valence-electron chi connectivity index (χ3n) is 5.32. The Morgan fingerprint density at radius 2 is 1.74 bits per heavy atom. The van der Waals surface area contributed by atoms with E-state index in [0.29, 0.717) is 12.3 Å². The van der Waals surface area contributed by atoms with Gasteiger partial charge in [0.05, 0.1) is 17.6 Å². The second-order valence-electron chi connectivity index (χ2n) is 7.47. The number of carbonyl (C=O) groups excluding carboxylic acids is 1. The number of nitrogens with zero attached hydrogens (tertiary/aromatic N) is 2. The van der Waals surface area contributed by atoms with Gasteiger partial charge in [-0.25, -0.2) is 4.98 Å². The number of fused-ring (bicyclic) bond motifs is 1. The zero-order valence-electron chi connectivity index (χ0n) is 17.8. The SMILES string of the molecule is CCc1cccc(OCC(=O)NCc2nc3ccccc3n2CCc2ccccc2)c1. The average molecular weight is 414 g/mol. The van der Waals surface area contributed by atoms with E-state index in [1.165, 1.54) is 11.1 Å². The number of ether oxygens (including phenoxy) is 1. The summed E-state index contributed by atoms with van der Waals surface area (Å²) in [5.74, 6) is 1.40. The van der Waals surface area contributed by atoms with Crippen molar-refractivity contribution in [1.29, 1.82) is 0 Å². The first-order valence-electron chi connectivity index (χ1n) is 10.7. The van der Waals surface area contributed by atoms with Crippen molar-refractivity contribution in [3.05, 3.63) is 95.8 Å². The molecule has 5 heteroatoms. The predicted molar refractivity (Wildman–Crippen MR) is 123 cm³/mol. The van der Waals surface area contributed by atoms with Crippen LogP contribution in [0.25, 0.3) is 11.0 Å². The minimum atomic E-state index is -0.163. The summed E-state index contributed by atoms with van der Waals surface area (Å²) in [4.78, 5) is 17.1. The molecular weight excluding hydrogens is 386 g/mol. The van der Waals surface area contributed by atoms with Crippen molar-refractivity contribution in [2.75, 3.05) is 6.61 Å². The molecule has 0 radical (unpaired) electrons. The van der Waals surface area contributed by atoms with Gasteiger partial charge < -0.3 is 14.6 Å². The van der Waals surface area contributed by atoms with Crippen LogP contribution in [0.15, 0.2) is 78.9 Å². The molecular formula is C26H27N3O2. The molecule has 3 aromatic carbocycles. The van der Waals surface area contributed by atoms with Gasteiger partial charge in [0.2, 0.25) is 0 Å². The molecule has 4 aromatic rings. The van der Waals surface area contributed by atoms with Gasteiger partial charge >= 0.3 is 0 Å². The molecule has 4 rings (SSSR count). The van der Waals surface area contributed by atoms with E-state index in [4.69, 9.17) is 9.72 Å². The Balaban J connectivity index is 1.40. The van der Waals surface area contributed by atoms with Gasteiger partial charge in [0, 0.05) is 6.54 Å². The summed E-state index contributed by atoms with van der Waals surface area (Å²) in [7, 11) is 0. The number of benzene rings is 3. The van der Waals surface area contributed by atoms with Crippen molar-refractivity contribution in [2.24, 2.45) is 0 Å². The van der Waals surface area contributed by atoms with E-state index >= 15 is 0 Å². The van der Waals surface area contributed by atoms with E-state index in [2.05, 4.69) is 47.1 Å². The number of rotatable bonds is 9. The van der Waals surface area contributed by atoms with Gasteiger partial charge in [-0.3, -0.25) is 4.79 Å². The number of imidazole rings is 1. The van der Waals surface area contributed by atoms with Crippen molar-refractivity contribution >= 4 is 16.9 Å². The number of aromatic nitrogens is 2. The molecule has 5 nitrogen and oxygen atoms in total. The fraction of sp³-hybridized carbons (Fsp3) is 0.231. The molecule has 0 saturated carbocycles. The molecule has 0 aliphatic carbocycles. The van der Waals surface area contributed by atoms with Gasteiger partial charge in [0.25, 0.3) is 5.91 Å². The maximum Gasteiger partial charge on any atom is 0.258 e. The normalized spacial score (nSPS) is 10.9. The molecule has 0 bridgehead atoms. The number of hydrogen-bond acceptors (Lipinski definition) is 3. The van der Waals surface area contributed by atoms with Crippen LogP contribution in [0.5, 0.6) is 5.75 Å². The van der Waals surface area contributed by atoms with Crippen molar-refractivity contribution < 1.29 is 9.53 Å².